The van der Waals surface area contributed by atoms with Crippen molar-refractivity contribution in [1.29, 1.82) is 0 Å². The number of carbonyl (C=O) groups is 3. The molecule has 1 aliphatic rings. The van der Waals surface area contributed by atoms with Gasteiger partial charge in [0.1, 0.15) is 24.3 Å². The molecule has 0 bridgehead atoms. The van der Waals surface area contributed by atoms with Crippen molar-refractivity contribution in [3.8, 4) is 34.6 Å². The molecule has 0 N–H and O–H groups in total. The summed E-state index contributed by atoms with van der Waals surface area (Å²) < 4.78 is 19.8. The number of hydrogen-bond donors (Lipinski definition) is 0. The van der Waals surface area contributed by atoms with E-state index in [4.69, 9.17) is 14.2 Å². The topological polar surface area (TPSA) is 129 Å². The second-order valence-corrected chi connectivity index (χ2v) is 14.0. The van der Waals surface area contributed by atoms with Crippen molar-refractivity contribution in [1.82, 2.24) is 24.4 Å². The number of anilines is 1. The van der Waals surface area contributed by atoms with Gasteiger partial charge in [0.15, 0.2) is 6.29 Å². The summed E-state index contributed by atoms with van der Waals surface area (Å²) in [6, 6.07) is 21.2. The van der Waals surface area contributed by atoms with Gasteiger partial charge in [0.25, 0.3) is 5.91 Å². The molecule has 5 heterocycles. The molecular formula is C45H44N6O6. The molecule has 4 aromatic heterocycles. The zero-order chi connectivity index (χ0) is 39.7. The number of fused-ring (bicyclic) bond motifs is 3. The van der Waals surface area contributed by atoms with Crippen molar-refractivity contribution in [2.45, 2.75) is 38.3 Å². The quantitative estimate of drug-likeness (QED) is 0.0609. The standard InChI is InChI=1S/C45H44N6O6/c1-31(7-4-19-52)49(2)45(54)40-24-36(13-9-34(40)30-53)51-28-38(29-51)56-20-5-8-35-12-14-37(26-47-35)55-21-6-22-57-44-16-11-33(25-48-44)32-10-15-39-41-27-46-18-17-42(41)50(3)43(39)23-32/h9-19,23-27,30-31,38H,4,6-7,20-22,28-29H2,1-3H3. The number of carbonyl (C=O) groups excluding carboxylic acids is 3. The first-order valence-corrected chi connectivity index (χ1v) is 19.0. The van der Waals surface area contributed by atoms with Gasteiger partial charge in [-0.1, -0.05) is 18.1 Å². The van der Waals surface area contributed by atoms with Crippen LogP contribution in [0.5, 0.6) is 11.6 Å². The number of ether oxygens (including phenoxy) is 3. The lowest BCUT2D eigenvalue weighted by Gasteiger charge is -2.40. The van der Waals surface area contributed by atoms with E-state index in [1.165, 1.54) is 5.39 Å². The van der Waals surface area contributed by atoms with E-state index in [-0.39, 0.29) is 24.7 Å². The molecule has 1 saturated heterocycles. The third kappa shape index (κ3) is 8.95. The van der Waals surface area contributed by atoms with E-state index in [0.717, 1.165) is 39.5 Å². The summed E-state index contributed by atoms with van der Waals surface area (Å²) in [4.78, 5) is 52.5. The van der Waals surface area contributed by atoms with Gasteiger partial charge in [-0.3, -0.25) is 14.6 Å². The van der Waals surface area contributed by atoms with Gasteiger partial charge in [-0.05, 0) is 73.4 Å². The van der Waals surface area contributed by atoms with E-state index in [0.29, 0.717) is 80.3 Å². The molecule has 1 fully saturated rings. The molecule has 2 aromatic carbocycles. The summed E-state index contributed by atoms with van der Waals surface area (Å²) in [7, 11) is 3.76. The fraction of sp³-hybridized carbons (Fsp3) is 0.289. The van der Waals surface area contributed by atoms with E-state index in [1.54, 1.807) is 30.3 Å². The van der Waals surface area contributed by atoms with Crippen LogP contribution in [0, 0.1) is 11.8 Å². The minimum absolute atomic E-state index is 0.00629. The lowest BCUT2D eigenvalue weighted by molar-refractivity contribution is -0.108. The van der Waals surface area contributed by atoms with Crippen molar-refractivity contribution < 1.29 is 28.6 Å². The highest BCUT2D eigenvalue weighted by Gasteiger charge is 2.29. The van der Waals surface area contributed by atoms with Gasteiger partial charge >= 0.3 is 0 Å². The van der Waals surface area contributed by atoms with Gasteiger partial charge in [0, 0.05) is 104 Å². The zero-order valence-electron chi connectivity index (χ0n) is 32.3. The first-order valence-electron chi connectivity index (χ1n) is 19.0. The predicted molar refractivity (Wildman–Crippen MR) is 219 cm³/mol. The minimum Gasteiger partial charge on any atom is -0.492 e. The van der Waals surface area contributed by atoms with E-state index < -0.39 is 0 Å². The van der Waals surface area contributed by atoms with Crippen LogP contribution in [0.2, 0.25) is 0 Å². The van der Waals surface area contributed by atoms with E-state index in [1.807, 2.05) is 61.9 Å². The largest absolute Gasteiger partial charge is 0.492 e. The number of amides is 1. The number of nitrogens with zero attached hydrogens (tertiary/aromatic N) is 6. The summed E-state index contributed by atoms with van der Waals surface area (Å²) in [6.45, 7) is 4.36. The van der Waals surface area contributed by atoms with Crippen molar-refractivity contribution in [3.05, 3.63) is 108 Å². The molecule has 0 radical (unpaired) electrons. The smallest absolute Gasteiger partial charge is 0.254 e. The van der Waals surface area contributed by atoms with Crippen LogP contribution in [-0.2, 0) is 16.6 Å². The first-order chi connectivity index (χ1) is 27.8. The maximum absolute atomic E-state index is 13.2. The van der Waals surface area contributed by atoms with Crippen LogP contribution in [0.3, 0.4) is 0 Å². The minimum atomic E-state index is -0.249. The van der Waals surface area contributed by atoms with Gasteiger partial charge in [-0.15, -0.1) is 0 Å². The number of aldehydes is 2. The average Bonchev–Trinajstić information content (AvgIpc) is 3.52. The van der Waals surface area contributed by atoms with E-state index >= 15 is 0 Å². The van der Waals surface area contributed by atoms with Gasteiger partial charge in [0.05, 0.1) is 36.6 Å². The van der Waals surface area contributed by atoms with Crippen LogP contribution in [0.4, 0.5) is 5.69 Å². The number of hydrogen-bond acceptors (Lipinski definition) is 10. The molecule has 0 saturated carbocycles. The summed E-state index contributed by atoms with van der Waals surface area (Å²) in [5, 5.41) is 2.32. The maximum atomic E-state index is 13.2. The molecule has 12 nitrogen and oxygen atoms in total. The average molecular weight is 765 g/mol. The number of aromatic nitrogens is 4. The van der Waals surface area contributed by atoms with Gasteiger partial charge in [-0.25, -0.2) is 9.97 Å². The molecule has 1 amide bonds. The molecule has 0 spiro atoms. The molecule has 1 atom stereocenters. The second-order valence-electron chi connectivity index (χ2n) is 14.0. The number of benzene rings is 2. The Morgan fingerprint density at radius 3 is 2.54 bits per heavy atom. The molecule has 57 heavy (non-hydrogen) atoms. The van der Waals surface area contributed by atoms with Crippen LogP contribution in [0.25, 0.3) is 32.9 Å². The molecule has 6 aromatic rings. The highest BCUT2D eigenvalue weighted by Crippen LogP contribution is 2.31. The predicted octanol–water partition coefficient (Wildman–Crippen LogP) is 6.54. The SMILES string of the molecule is CC(CCC=O)N(C)C(=O)c1cc(N2CC(OCC#Cc3ccc(OCCCOc4ccc(-c5ccc6c7cnccc7n(C)c6c5)cn4)cn3)C2)ccc1C=O. The van der Waals surface area contributed by atoms with Crippen molar-refractivity contribution in [2.24, 2.45) is 7.05 Å². The normalized spacial score (nSPS) is 13.1. The third-order valence-electron chi connectivity index (χ3n) is 10.3. The highest BCUT2D eigenvalue weighted by atomic mass is 16.5. The highest BCUT2D eigenvalue weighted by molar-refractivity contribution is 6.08. The van der Waals surface area contributed by atoms with Crippen LogP contribution >= 0.6 is 0 Å². The number of pyridine rings is 3. The number of rotatable bonds is 16. The molecule has 7 rings (SSSR count). The van der Waals surface area contributed by atoms with E-state index in [9.17, 15) is 14.4 Å². The first kappa shape index (κ1) is 38.7. The van der Waals surface area contributed by atoms with Gasteiger partial charge < -0.3 is 33.4 Å². The van der Waals surface area contributed by atoms with Crippen molar-refractivity contribution >= 4 is 46.0 Å². The van der Waals surface area contributed by atoms with Crippen LogP contribution in [-0.4, -0.2) is 95.0 Å². The molecular weight excluding hydrogens is 721 g/mol. The molecule has 1 unspecified atom stereocenters. The molecule has 12 heteroatoms. The lowest BCUT2D eigenvalue weighted by Crippen LogP contribution is -2.52. The maximum Gasteiger partial charge on any atom is 0.254 e. The monoisotopic (exact) mass is 764 g/mol. The van der Waals surface area contributed by atoms with Crippen molar-refractivity contribution in [2.75, 3.05) is 44.9 Å². The van der Waals surface area contributed by atoms with Crippen LogP contribution in [0.1, 0.15) is 52.6 Å². The number of aryl methyl sites for hydroxylation is 1. The lowest BCUT2D eigenvalue weighted by atomic mass is 10.0. The Hall–Kier alpha value is -6.58. The summed E-state index contributed by atoms with van der Waals surface area (Å²) in [5.74, 6) is 7.02. The molecule has 1 aliphatic heterocycles. The Morgan fingerprint density at radius 2 is 1.77 bits per heavy atom. The summed E-state index contributed by atoms with van der Waals surface area (Å²) in [6.07, 6.45) is 10.4. The molecule has 0 aliphatic carbocycles. The van der Waals surface area contributed by atoms with Gasteiger partial charge in [-0.2, -0.15) is 0 Å². The second kappa shape index (κ2) is 17.9. The van der Waals surface area contributed by atoms with Gasteiger partial charge in [0.2, 0.25) is 5.88 Å². The van der Waals surface area contributed by atoms with Crippen LogP contribution < -0.4 is 14.4 Å². The zero-order valence-corrected chi connectivity index (χ0v) is 32.3. The Bertz CT molecular complexity index is 2430. The van der Waals surface area contributed by atoms with Crippen LogP contribution in [0.15, 0.2) is 91.5 Å². The van der Waals surface area contributed by atoms with Crippen molar-refractivity contribution in [3.63, 3.8) is 0 Å². The summed E-state index contributed by atoms with van der Waals surface area (Å²) in [5.41, 5.74) is 6.54. The Labute approximate surface area is 331 Å². The Morgan fingerprint density at radius 1 is 0.930 bits per heavy atom. The molecule has 290 valence electrons. The Balaban J connectivity index is 0.803. The van der Waals surface area contributed by atoms with E-state index in [2.05, 4.69) is 61.5 Å². The third-order valence-corrected chi connectivity index (χ3v) is 10.3. The summed E-state index contributed by atoms with van der Waals surface area (Å²) >= 11 is 0. The Kier molecular flexibility index (Phi) is 12.2. The fourth-order valence-corrected chi connectivity index (χ4v) is 6.80. The fourth-order valence-electron chi connectivity index (χ4n) is 6.80.